The molecular weight excluding hydrogens is 304 g/mol. The van der Waals surface area contributed by atoms with Crippen molar-refractivity contribution in [1.82, 2.24) is 5.32 Å². The lowest BCUT2D eigenvalue weighted by atomic mass is 10.2. The van der Waals surface area contributed by atoms with Gasteiger partial charge in [-0.3, -0.25) is 4.79 Å². The molecule has 1 amide bonds. The molecule has 6 heteroatoms. The van der Waals surface area contributed by atoms with Crippen molar-refractivity contribution < 1.29 is 23.1 Å². The van der Waals surface area contributed by atoms with Crippen molar-refractivity contribution in [3.05, 3.63) is 71.3 Å². The van der Waals surface area contributed by atoms with Crippen molar-refractivity contribution in [1.29, 1.82) is 0 Å². The first-order valence-electron chi connectivity index (χ1n) is 6.95. The second-order valence-corrected chi connectivity index (χ2v) is 4.85. The fourth-order valence-corrected chi connectivity index (χ4v) is 1.89. The van der Waals surface area contributed by atoms with E-state index in [0.29, 0.717) is 0 Å². The van der Waals surface area contributed by atoms with E-state index >= 15 is 0 Å². The summed E-state index contributed by atoms with van der Waals surface area (Å²) in [4.78, 5) is 23.7. The minimum absolute atomic E-state index is 0.260. The van der Waals surface area contributed by atoms with E-state index in [4.69, 9.17) is 4.74 Å². The second kappa shape index (κ2) is 7.49. The number of esters is 1. The van der Waals surface area contributed by atoms with Gasteiger partial charge in [0.15, 0.2) is 6.10 Å². The zero-order chi connectivity index (χ0) is 16.8. The Kier molecular flexibility index (Phi) is 5.41. The standard InChI is InChI=1S/C17H15F2NO3/c1-11(16(21)20-10-12-6-3-2-4-7-12)23-17(22)15-13(18)8-5-9-14(15)19/h2-9,11H,10H2,1H3,(H,20,21)/t11-/m1/s1. The van der Waals surface area contributed by atoms with Gasteiger partial charge in [0.25, 0.3) is 5.91 Å². The highest BCUT2D eigenvalue weighted by atomic mass is 19.1. The first-order chi connectivity index (χ1) is 11.0. The van der Waals surface area contributed by atoms with Crippen molar-refractivity contribution >= 4 is 11.9 Å². The number of rotatable bonds is 5. The van der Waals surface area contributed by atoms with Gasteiger partial charge in [0, 0.05) is 6.54 Å². The molecule has 2 aromatic rings. The van der Waals surface area contributed by atoms with Crippen LogP contribution in [0.4, 0.5) is 8.78 Å². The topological polar surface area (TPSA) is 55.4 Å². The monoisotopic (exact) mass is 319 g/mol. The van der Waals surface area contributed by atoms with Crippen molar-refractivity contribution in [3.63, 3.8) is 0 Å². The van der Waals surface area contributed by atoms with Gasteiger partial charge >= 0.3 is 5.97 Å². The number of halogens is 2. The summed E-state index contributed by atoms with van der Waals surface area (Å²) in [6.07, 6.45) is -1.18. The molecule has 0 bridgehead atoms. The summed E-state index contributed by atoms with van der Waals surface area (Å²) in [5.74, 6) is -3.85. The van der Waals surface area contributed by atoms with E-state index in [9.17, 15) is 18.4 Å². The van der Waals surface area contributed by atoms with E-state index in [1.165, 1.54) is 6.92 Å². The Hall–Kier alpha value is -2.76. The number of carbonyl (C=O) groups excluding carboxylic acids is 2. The predicted molar refractivity (Wildman–Crippen MR) is 79.5 cm³/mol. The molecule has 4 nitrogen and oxygen atoms in total. The summed E-state index contributed by atoms with van der Waals surface area (Å²) in [6.45, 7) is 1.59. The van der Waals surface area contributed by atoms with Gasteiger partial charge in [-0.15, -0.1) is 0 Å². The summed E-state index contributed by atoms with van der Waals surface area (Å²) in [5.41, 5.74) is 0.0646. The highest BCUT2D eigenvalue weighted by Crippen LogP contribution is 2.14. The molecule has 0 radical (unpaired) electrons. The van der Waals surface area contributed by atoms with Crippen molar-refractivity contribution in [2.45, 2.75) is 19.6 Å². The van der Waals surface area contributed by atoms with Crippen LogP contribution in [0.1, 0.15) is 22.8 Å². The minimum Gasteiger partial charge on any atom is -0.449 e. The summed E-state index contributed by atoms with van der Waals surface area (Å²) < 4.78 is 31.8. The Bertz CT molecular complexity index is 684. The molecule has 0 spiro atoms. The molecule has 120 valence electrons. The zero-order valence-electron chi connectivity index (χ0n) is 12.4. The number of hydrogen-bond donors (Lipinski definition) is 1. The van der Waals surface area contributed by atoms with Crippen LogP contribution in [0.3, 0.4) is 0 Å². The quantitative estimate of drug-likeness (QED) is 0.862. The molecule has 2 aromatic carbocycles. The third-order valence-electron chi connectivity index (χ3n) is 3.13. The average molecular weight is 319 g/mol. The van der Waals surface area contributed by atoms with Gasteiger partial charge in [-0.2, -0.15) is 0 Å². The van der Waals surface area contributed by atoms with Gasteiger partial charge in [-0.05, 0) is 24.6 Å². The van der Waals surface area contributed by atoms with Gasteiger partial charge < -0.3 is 10.1 Å². The SMILES string of the molecule is C[C@@H](OC(=O)c1c(F)cccc1F)C(=O)NCc1ccccc1. The van der Waals surface area contributed by atoms with Crippen LogP contribution >= 0.6 is 0 Å². The number of ether oxygens (including phenoxy) is 1. The van der Waals surface area contributed by atoms with Crippen molar-refractivity contribution in [2.24, 2.45) is 0 Å². The fraction of sp³-hybridized carbons (Fsp3) is 0.176. The zero-order valence-corrected chi connectivity index (χ0v) is 12.4. The van der Waals surface area contributed by atoms with Crippen LogP contribution < -0.4 is 5.32 Å². The first kappa shape index (κ1) is 16.6. The normalized spacial score (nSPS) is 11.6. The van der Waals surface area contributed by atoms with Crippen LogP contribution in [0.5, 0.6) is 0 Å². The predicted octanol–water partition coefficient (Wildman–Crippen LogP) is 2.83. The van der Waals surface area contributed by atoms with E-state index < -0.39 is 35.2 Å². The third-order valence-corrected chi connectivity index (χ3v) is 3.13. The van der Waals surface area contributed by atoms with Crippen LogP contribution in [0.2, 0.25) is 0 Å². The molecule has 1 N–H and O–H groups in total. The maximum Gasteiger partial charge on any atom is 0.344 e. The largest absolute Gasteiger partial charge is 0.449 e. The molecule has 1 atom stereocenters. The van der Waals surface area contributed by atoms with Crippen LogP contribution in [-0.2, 0) is 16.1 Å². The Morgan fingerprint density at radius 3 is 2.26 bits per heavy atom. The van der Waals surface area contributed by atoms with E-state index in [-0.39, 0.29) is 6.54 Å². The van der Waals surface area contributed by atoms with Gasteiger partial charge in [-0.25, -0.2) is 13.6 Å². The lowest BCUT2D eigenvalue weighted by Gasteiger charge is -2.14. The number of amides is 1. The lowest BCUT2D eigenvalue weighted by molar-refractivity contribution is -0.129. The van der Waals surface area contributed by atoms with Crippen molar-refractivity contribution in [2.75, 3.05) is 0 Å². The summed E-state index contributed by atoms with van der Waals surface area (Å²) in [6, 6.07) is 12.2. The lowest BCUT2D eigenvalue weighted by Crippen LogP contribution is -2.35. The highest BCUT2D eigenvalue weighted by molar-refractivity contribution is 5.92. The smallest absolute Gasteiger partial charge is 0.344 e. The number of carbonyl (C=O) groups is 2. The molecule has 2 rings (SSSR count). The molecule has 0 fully saturated rings. The number of benzene rings is 2. The maximum absolute atomic E-state index is 13.5. The molecule has 0 heterocycles. The highest BCUT2D eigenvalue weighted by Gasteiger charge is 2.23. The molecule has 0 saturated carbocycles. The van der Waals surface area contributed by atoms with Gasteiger partial charge in [0.05, 0.1) is 0 Å². The second-order valence-electron chi connectivity index (χ2n) is 4.85. The van der Waals surface area contributed by atoms with Crippen LogP contribution in [0.25, 0.3) is 0 Å². The van der Waals surface area contributed by atoms with Gasteiger partial charge in [0.1, 0.15) is 17.2 Å². The molecule has 0 saturated heterocycles. The Balaban J connectivity index is 1.94. The Labute approximate surface area is 132 Å². The van der Waals surface area contributed by atoms with Crippen LogP contribution in [0, 0.1) is 11.6 Å². The molecule has 0 aliphatic rings. The molecular formula is C17H15F2NO3. The average Bonchev–Trinajstić information content (AvgIpc) is 2.53. The van der Waals surface area contributed by atoms with Crippen LogP contribution in [0.15, 0.2) is 48.5 Å². The first-order valence-corrected chi connectivity index (χ1v) is 6.95. The fourth-order valence-electron chi connectivity index (χ4n) is 1.89. The van der Waals surface area contributed by atoms with Gasteiger partial charge in [0.2, 0.25) is 0 Å². The molecule has 0 aliphatic carbocycles. The molecule has 23 heavy (non-hydrogen) atoms. The summed E-state index contributed by atoms with van der Waals surface area (Å²) in [5, 5.41) is 2.58. The third kappa shape index (κ3) is 4.35. The minimum atomic E-state index is -1.22. The Morgan fingerprint density at radius 1 is 1.04 bits per heavy atom. The summed E-state index contributed by atoms with van der Waals surface area (Å²) in [7, 11) is 0. The van der Waals surface area contributed by atoms with E-state index in [1.54, 1.807) is 0 Å². The Morgan fingerprint density at radius 2 is 1.65 bits per heavy atom. The molecule has 0 aliphatic heterocycles. The van der Waals surface area contributed by atoms with E-state index in [2.05, 4.69) is 5.32 Å². The number of nitrogens with one attached hydrogen (secondary N) is 1. The van der Waals surface area contributed by atoms with E-state index in [0.717, 1.165) is 23.8 Å². The van der Waals surface area contributed by atoms with Crippen molar-refractivity contribution in [3.8, 4) is 0 Å². The molecule has 0 unspecified atom stereocenters. The summed E-state index contributed by atoms with van der Waals surface area (Å²) >= 11 is 0. The molecule has 0 aromatic heterocycles. The maximum atomic E-state index is 13.5. The number of hydrogen-bond acceptors (Lipinski definition) is 3. The van der Waals surface area contributed by atoms with Gasteiger partial charge in [-0.1, -0.05) is 36.4 Å². The van der Waals surface area contributed by atoms with Crippen LogP contribution in [-0.4, -0.2) is 18.0 Å². The van der Waals surface area contributed by atoms with E-state index in [1.807, 2.05) is 30.3 Å².